The molecule has 9 heteroatoms. The minimum absolute atomic E-state index is 0.0178. The number of carboxylic acid groups (broad SMARTS) is 1. The molecule has 104 valence electrons. The Morgan fingerprint density at radius 3 is 2.68 bits per heavy atom. The Bertz CT molecular complexity index is 582. The lowest BCUT2D eigenvalue weighted by molar-refractivity contribution is -0.386. The van der Waals surface area contributed by atoms with Crippen LogP contribution in [0.3, 0.4) is 0 Å². The van der Waals surface area contributed by atoms with Crippen molar-refractivity contribution in [3.63, 3.8) is 0 Å². The second kappa shape index (κ2) is 5.93. The summed E-state index contributed by atoms with van der Waals surface area (Å²) in [6.45, 7) is 1.09. The highest BCUT2D eigenvalue weighted by Gasteiger charge is 2.20. The number of aliphatic hydroxyl groups is 1. The van der Waals surface area contributed by atoms with E-state index in [2.05, 4.69) is 15.9 Å². The van der Waals surface area contributed by atoms with Gasteiger partial charge in [-0.2, -0.15) is 0 Å². The van der Waals surface area contributed by atoms with Crippen LogP contribution in [0.1, 0.15) is 12.0 Å². The first-order valence-corrected chi connectivity index (χ1v) is 5.97. The van der Waals surface area contributed by atoms with Crippen molar-refractivity contribution in [2.24, 2.45) is 0 Å². The predicted octanol–water partition coefficient (Wildman–Crippen LogP) is 0.663. The molecule has 0 radical (unpaired) electrons. The van der Waals surface area contributed by atoms with E-state index in [0.29, 0.717) is 0 Å². The number of nitrogens with zero attached hydrogens (tertiary/aromatic N) is 2. The second-order valence-corrected chi connectivity index (χ2v) is 4.71. The number of carboxylic acids is 1. The van der Waals surface area contributed by atoms with Gasteiger partial charge in [0.15, 0.2) is 0 Å². The number of nitro groups is 1. The molecule has 0 aliphatic heterocycles. The van der Waals surface area contributed by atoms with E-state index >= 15 is 0 Å². The lowest BCUT2D eigenvalue weighted by atomic mass is 10.2. The number of aliphatic hydroxyl groups excluding tert-OH is 1. The lowest BCUT2D eigenvalue weighted by Gasteiger charge is -2.12. The van der Waals surface area contributed by atoms with E-state index in [9.17, 15) is 24.8 Å². The summed E-state index contributed by atoms with van der Waals surface area (Å²) in [5.41, 5.74) is -0.666. The number of hydrogen-bond acceptors (Lipinski definition) is 5. The van der Waals surface area contributed by atoms with Gasteiger partial charge in [-0.05, 0) is 22.9 Å². The summed E-state index contributed by atoms with van der Waals surface area (Å²) in [5, 5.41) is 28.8. The van der Waals surface area contributed by atoms with Crippen LogP contribution in [0.25, 0.3) is 0 Å². The highest BCUT2D eigenvalue weighted by Crippen LogP contribution is 2.22. The molecule has 0 bridgehead atoms. The van der Waals surface area contributed by atoms with Gasteiger partial charge in [0.25, 0.3) is 11.2 Å². The molecule has 0 saturated carbocycles. The quantitative estimate of drug-likeness (QED) is 0.602. The standard InChI is InChI=1S/C10H11BrN2O6/c1-5-7(13(18)19)4-12(10(17)9(5)11)3-6(14)2-8(15)16/h4,6,14H,2-3H2,1H3,(H,15,16). The van der Waals surface area contributed by atoms with Crippen molar-refractivity contribution in [1.29, 1.82) is 0 Å². The Hall–Kier alpha value is -1.74. The number of carbonyl (C=O) groups is 1. The van der Waals surface area contributed by atoms with Gasteiger partial charge in [0.2, 0.25) is 0 Å². The molecule has 0 saturated heterocycles. The predicted molar refractivity (Wildman–Crippen MR) is 68.1 cm³/mol. The molecule has 0 spiro atoms. The molecular weight excluding hydrogens is 324 g/mol. The molecule has 1 aromatic rings. The molecule has 2 N–H and O–H groups in total. The van der Waals surface area contributed by atoms with E-state index in [1.54, 1.807) is 0 Å². The van der Waals surface area contributed by atoms with E-state index in [0.717, 1.165) is 10.8 Å². The van der Waals surface area contributed by atoms with Gasteiger partial charge in [-0.1, -0.05) is 0 Å². The summed E-state index contributed by atoms with van der Waals surface area (Å²) in [7, 11) is 0. The first-order valence-electron chi connectivity index (χ1n) is 5.17. The maximum atomic E-state index is 11.8. The molecule has 1 heterocycles. The molecule has 0 aliphatic carbocycles. The molecule has 0 aromatic carbocycles. The third-order valence-electron chi connectivity index (χ3n) is 2.45. The van der Waals surface area contributed by atoms with E-state index in [1.807, 2.05) is 0 Å². The second-order valence-electron chi connectivity index (χ2n) is 3.92. The van der Waals surface area contributed by atoms with Crippen LogP contribution in [0.2, 0.25) is 0 Å². The van der Waals surface area contributed by atoms with Crippen LogP contribution in [-0.2, 0) is 11.3 Å². The number of halogens is 1. The van der Waals surface area contributed by atoms with Gasteiger partial charge >= 0.3 is 5.97 Å². The molecule has 19 heavy (non-hydrogen) atoms. The molecule has 8 nitrogen and oxygen atoms in total. The average molecular weight is 335 g/mol. The summed E-state index contributed by atoms with van der Waals surface area (Å²) < 4.78 is 0.937. The van der Waals surface area contributed by atoms with E-state index in [1.165, 1.54) is 6.92 Å². The van der Waals surface area contributed by atoms with E-state index < -0.39 is 29.0 Å². The maximum absolute atomic E-state index is 11.8. The summed E-state index contributed by atoms with van der Waals surface area (Å²) in [5.74, 6) is -1.22. The molecule has 1 aromatic heterocycles. The van der Waals surface area contributed by atoms with Crippen LogP contribution in [0.5, 0.6) is 0 Å². The zero-order valence-electron chi connectivity index (χ0n) is 9.87. The van der Waals surface area contributed by atoms with Crippen LogP contribution in [0, 0.1) is 17.0 Å². The molecule has 0 fully saturated rings. The van der Waals surface area contributed by atoms with E-state index in [-0.39, 0.29) is 22.3 Å². The lowest BCUT2D eigenvalue weighted by Crippen LogP contribution is -2.29. The first kappa shape index (κ1) is 15.3. The number of rotatable bonds is 5. The van der Waals surface area contributed by atoms with Gasteiger partial charge in [0, 0.05) is 5.56 Å². The van der Waals surface area contributed by atoms with Crippen molar-refractivity contribution in [3.8, 4) is 0 Å². The van der Waals surface area contributed by atoms with Crippen molar-refractivity contribution >= 4 is 27.6 Å². The zero-order valence-corrected chi connectivity index (χ0v) is 11.5. The molecule has 0 aliphatic rings. The average Bonchev–Trinajstić information content (AvgIpc) is 2.28. The summed E-state index contributed by atoms with van der Waals surface area (Å²) in [6, 6.07) is 0. The van der Waals surface area contributed by atoms with Gasteiger partial charge in [-0.15, -0.1) is 0 Å². The molecular formula is C10H11BrN2O6. The summed E-state index contributed by atoms with van der Waals surface area (Å²) >= 11 is 2.95. The van der Waals surface area contributed by atoms with Gasteiger partial charge in [0.05, 0.1) is 34.7 Å². The van der Waals surface area contributed by atoms with Crippen molar-refractivity contribution in [2.75, 3.05) is 0 Å². The first-order chi connectivity index (χ1) is 8.73. The smallest absolute Gasteiger partial charge is 0.306 e. The highest BCUT2D eigenvalue weighted by molar-refractivity contribution is 9.10. The Labute approximate surface area is 115 Å². The number of aromatic nitrogens is 1. The third-order valence-corrected chi connectivity index (χ3v) is 3.39. The normalized spacial score (nSPS) is 12.2. The molecule has 1 unspecified atom stereocenters. The summed E-state index contributed by atoms with van der Waals surface area (Å²) in [4.78, 5) is 32.4. The third kappa shape index (κ3) is 3.61. The number of aliphatic carboxylic acids is 1. The van der Waals surface area contributed by atoms with E-state index in [4.69, 9.17) is 5.11 Å². The largest absolute Gasteiger partial charge is 0.481 e. The molecule has 1 rings (SSSR count). The fourth-order valence-electron chi connectivity index (χ4n) is 1.51. The van der Waals surface area contributed by atoms with Crippen molar-refractivity contribution < 1.29 is 19.9 Å². The Kier molecular flexibility index (Phi) is 4.78. The Balaban J connectivity index is 3.18. The minimum atomic E-state index is -1.30. The monoisotopic (exact) mass is 334 g/mol. The number of pyridine rings is 1. The van der Waals surface area contributed by atoms with Crippen LogP contribution < -0.4 is 5.56 Å². The zero-order chi connectivity index (χ0) is 14.7. The molecule has 1 atom stereocenters. The van der Waals surface area contributed by atoms with Crippen LogP contribution >= 0.6 is 15.9 Å². The maximum Gasteiger partial charge on any atom is 0.306 e. The van der Waals surface area contributed by atoms with Crippen molar-refractivity contribution in [1.82, 2.24) is 4.57 Å². The Morgan fingerprint density at radius 1 is 1.63 bits per heavy atom. The SMILES string of the molecule is Cc1c([N+](=O)[O-])cn(CC(O)CC(=O)O)c(=O)c1Br. The van der Waals surface area contributed by atoms with Gasteiger partial charge in [0.1, 0.15) is 0 Å². The van der Waals surface area contributed by atoms with Gasteiger partial charge in [-0.3, -0.25) is 19.7 Å². The highest BCUT2D eigenvalue weighted by atomic mass is 79.9. The van der Waals surface area contributed by atoms with Crippen LogP contribution in [0.15, 0.2) is 15.5 Å². The molecule has 0 amide bonds. The fourth-order valence-corrected chi connectivity index (χ4v) is 1.95. The van der Waals surface area contributed by atoms with Crippen LogP contribution in [0.4, 0.5) is 5.69 Å². The number of hydrogen-bond donors (Lipinski definition) is 2. The van der Waals surface area contributed by atoms with Gasteiger partial charge < -0.3 is 14.8 Å². The van der Waals surface area contributed by atoms with Gasteiger partial charge in [-0.25, -0.2) is 0 Å². The van der Waals surface area contributed by atoms with Crippen molar-refractivity contribution in [3.05, 3.63) is 36.7 Å². The fraction of sp³-hybridized carbons (Fsp3) is 0.400. The van der Waals surface area contributed by atoms with Crippen molar-refractivity contribution in [2.45, 2.75) is 26.0 Å². The topological polar surface area (TPSA) is 123 Å². The summed E-state index contributed by atoms with van der Waals surface area (Å²) in [6.07, 6.45) is -0.858. The Morgan fingerprint density at radius 2 is 2.21 bits per heavy atom. The minimum Gasteiger partial charge on any atom is -0.481 e. The van der Waals surface area contributed by atoms with Crippen LogP contribution in [-0.4, -0.2) is 31.8 Å².